The summed E-state index contributed by atoms with van der Waals surface area (Å²) in [6.07, 6.45) is 2.89. The van der Waals surface area contributed by atoms with E-state index in [4.69, 9.17) is 21.7 Å². The van der Waals surface area contributed by atoms with Gasteiger partial charge >= 0.3 is 0 Å². The van der Waals surface area contributed by atoms with Crippen LogP contribution in [0.4, 0.5) is 5.69 Å². The molecule has 1 aromatic heterocycles. The monoisotopic (exact) mass is 431 g/mol. The Morgan fingerprint density at radius 1 is 1.00 bits per heavy atom. The number of anilines is 1. The van der Waals surface area contributed by atoms with E-state index in [1.807, 2.05) is 60.8 Å². The van der Waals surface area contributed by atoms with Gasteiger partial charge in [-0.2, -0.15) is 0 Å². The molecular formula is C25H25N3O2S. The van der Waals surface area contributed by atoms with E-state index in [9.17, 15) is 0 Å². The van der Waals surface area contributed by atoms with Crippen LogP contribution in [0.2, 0.25) is 0 Å². The molecule has 158 valence electrons. The lowest BCUT2D eigenvalue weighted by molar-refractivity contribution is 0.306. The number of H-pyrrole nitrogens is 1. The van der Waals surface area contributed by atoms with Crippen molar-refractivity contribution >= 4 is 33.9 Å². The number of fused-ring (bicyclic) bond motifs is 1. The fourth-order valence-corrected chi connectivity index (χ4v) is 3.64. The number of rotatable bonds is 8. The Kier molecular flexibility index (Phi) is 6.69. The predicted octanol–water partition coefficient (Wildman–Crippen LogP) is 5.28. The van der Waals surface area contributed by atoms with Crippen LogP contribution < -0.4 is 20.1 Å². The molecule has 0 amide bonds. The first kappa shape index (κ1) is 20.8. The summed E-state index contributed by atoms with van der Waals surface area (Å²) in [6.45, 7) is 1.28. The summed E-state index contributed by atoms with van der Waals surface area (Å²) in [5.74, 6) is 1.61. The van der Waals surface area contributed by atoms with Crippen molar-refractivity contribution in [2.75, 3.05) is 19.0 Å². The standard InChI is InChI=1S/C25H25N3O2S/c1-29-24-10-6-5-9-22(24)28-25(31)26-14-13-19-16-27-23-15-20(11-12-21(19)23)30-17-18-7-3-2-4-8-18/h2-12,15-16,27H,13-14,17H2,1H3,(H2,26,28,31). The fourth-order valence-electron chi connectivity index (χ4n) is 3.43. The Bertz CT molecular complexity index is 1160. The number of nitrogens with one attached hydrogen (secondary N) is 3. The number of methoxy groups -OCH3 is 1. The average molecular weight is 432 g/mol. The maximum absolute atomic E-state index is 5.93. The normalized spacial score (nSPS) is 10.6. The molecule has 0 saturated heterocycles. The smallest absolute Gasteiger partial charge is 0.170 e. The fraction of sp³-hybridized carbons (Fsp3) is 0.160. The van der Waals surface area contributed by atoms with Crippen molar-refractivity contribution in [2.24, 2.45) is 0 Å². The molecule has 0 unspecified atom stereocenters. The van der Waals surface area contributed by atoms with Gasteiger partial charge in [0, 0.05) is 29.7 Å². The molecular weight excluding hydrogens is 406 g/mol. The summed E-state index contributed by atoms with van der Waals surface area (Å²) in [7, 11) is 1.64. The van der Waals surface area contributed by atoms with E-state index in [-0.39, 0.29) is 0 Å². The van der Waals surface area contributed by atoms with Crippen molar-refractivity contribution in [3.63, 3.8) is 0 Å². The molecule has 4 aromatic rings. The van der Waals surface area contributed by atoms with Gasteiger partial charge in [0.25, 0.3) is 0 Å². The molecule has 3 aromatic carbocycles. The van der Waals surface area contributed by atoms with Gasteiger partial charge in [-0.05, 0) is 54.0 Å². The van der Waals surface area contributed by atoms with Crippen LogP contribution in [0.15, 0.2) is 79.0 Å². The minimum atomic E-state index is 0.556. The SMILES string of the molecule is COc1ccccc1NC(=S)NCCc1c[nH]c2cc(OCc3ccccc3)ccc12. The van der Waals surface area contributed by atoms with Gasteiger partial charge in [-0.1, -0.05) is 42.5 Å². The largest absolute Gasteiger partial charge is 0.495 e. The van der Waals surface area contributed by atoms with E-state index in [0.29, 0.717) is 11.7 Å². The van der Waals surface area contributed by atoms with Crippen LogP contribution >= 0.6 is 12.2 Å². The van der Waals surface area contributed by atoms with Gasteiger partial charge < -0.3 is 25.1 Å². The van der Waals surface area contributed by atoms with Crippen LogP contribution in [-0.2, 0) is 13.0 Å². The van der Waals surface area contributed by atoms with Gasteiger partial charge in [-0.25, -0.2) is 0 Å². The van der Waals surface area contributed by atoms with E-state index >= 15 is 0 Å². The first-order valence-electron chi connectivity index (χ1n) is 10.2. The number of aromatic nitrogens is 1. The molecule has 1 heterocycles. The number of thiocarbonyl (C=S) groups is 1. The third-order valence-electron chi connectivity index (χ3n) is 5.02. The molecule has 0 aliphatic rings. The second-order valence-electron chi connectivity index (χ2n) is 7.13. The zero-order valence-electron chi connectivity index (χ0n) is 17.4. The van der Waals surface area contributed by atoms with Crippen molar-refractivity contribution in [1.82, 2.24) is 10.3 Å². The number of hydrogen-bond donors (Lipinski definition) is 3. The molecule has 0 aliphatic carbocycles. The molecule has 0 saturated carbocycles. The van der Waals surface area contributed by atoms with E-state index in [2.05, 4.69) is 33.8 Å². The van der Waals surface area contributed by atoms with Gasteiger partial charge in [-0.3, -0.25) is 0 Å². The second-order valence-corrected chi connectivity index (χ2v) is 7.54. The highest BCUT2D eigenvalue weighted by atomic mass is 32.1. The van der Waals surface area contributed by atoms with E-state index in [0.717, 1.165) is 41.2 Å². The maximum Gasteiger partial charge on any atom is 0.170 e. The zero-order valence-corrected chi connectivity index (χ0v) is 18.2. The first-order valence-corrected chi connectivity index (χ1v) is 10.6. The summed E-state index contributed by atoms with van der Waals surface area (Å²) in [5, 5.41) is 8.21. The van der Waals surface area contributed by atoms with Crippen LogP contribution in [0.3, 0.4) is 0 Å². The molecule has 0 bridgehead atoms. The number of ether oxygens (including phenoxy) is 2. The summed E-state index contributed by atoms with van der Waals surface area (Å²) in [5.41, 5.74) is 4.30. The molecule has 0 fully saturated rings. The van der Waals surface area contributed by atoms with Gasteiger partial charge in [-0.15, -0.1) is 0 Å². The number of hydrogen-bond acceptors (Lipinski definition) is 3. The molecule has 0 atom stereocenters. The van der Waals surface area contributed by atoms with E-state index < -0.39 is 0 Å². The van der Waals surface area contributed by atoms with Gasteiger partial charge in [0.1, 0.15) is 18.1 Å². The molecule has 6 heteroatoms. The molecule has 4 rings (SSSR count). The summed E-state index contributed by atoms with van der Waals surface area (Å²) < 4.78 is 11.3. The zero-order chi connectivity index (χ0) is 21.5. The molecule has 31 heavy (non-hydrogen) atoms. The average Bonchev–Trinajstić information content (AvgIpc) is 3.21. The summed E-state index contributed by atoms with van der Waals surface area (Å²) in [4.78, 5) is 3.35. The third-order valence-corrected chi connectivity index (χ3v) is 5.27. The maximum atomic E-state index is 5.93. The van der Waals surface area contributed by atoms with Gasteiger partial charge in [0.05, 0.1) is 12.8 Å². The van der Waals surface area contributed by atoms with Crippen molar-refractivity contribution in [3.8, 4) is 11.5 Å². The molecule has 5 nitrogen and oxygen atoms in total. The quantitative estimate of drug-likeness (QED) is 0.331. The second kappa shape index (κ2) is 10.00. The van der Waals surface area contributed by atoms with E-state index in [1.54, 1.807) is 7.11 Å². The van der Waals surface area contributed by atoms with Crippen molar-refractivity contribution in [2.45, 2.75) is 13.0 Å². The molecule has 0 radical (unpaired) electrons. The number of benzene rings is 3. The van der Waals surface area contributed by atoms with Crippen molar-refractivity contribution < 1.29 is 9.47 Å². The molecule has 0 aliphatic heterocycles. The summed E-state index contributed by atoms with van der Waals surface area (Å²) in [6, 6.07) is 24.0. The molecule has 3 N–H and O–H groups in total. The Hall–Kier alpha value is -3.51. The Balaban J connectivity index is 1.31. The lowest BCUT2D eigenvalue weighted by atomic mass is 10.1. The van der Waals surface area contributed by atoms with E-state index in [1.165, 1.54) is 10.9 Å². The molecule has 0 spiro atoms. The Morgan fingerprint density at radius 2 is 1.81 bits per heavy atom. The number of para-hydroxylation sites is 2. The van der Waals surface area contributed by atoms with Crippen molar-refractivity contribution in [1.29, 1.82) is 0 Å². The summed E-state index contributed by atoms with van der Waals surface area (Å²) >= 11 is 5.42. The highest BCUT2D eigenvalue weighted by molar-refractivity contribution is 7.80. The Morgan fingerprint density at radius 3 is 2.65 bits per heavy atom. The number of aromatic amines is 1. The van der Waals surface area contributed by atoms with Gasteiger partial charge in [0.2, 0.25) is 0 Å². The highest BCUT2D eigenvalue weighted by Crippen LogP contribution is 2.25. The van der Waals surface area contributed by atoms with Crippen LogP contribution in [0.1, 0.15) is 11.1 Å². The van der Waals surface area contributed by atoms with Crippen LogP contribution in [-0.4, -0.2) is 23.8 Å². The van der Waals surface area contributed by atoms with Crippen LogP contribution in [0, 0.1) is 0 Å². The van der Waals surface area contributed by atoms with Crippen LogP contribution in [0.5, 0.6) is 11.5 Å². The minimum Gasteiger partial charge on any atom is -0.495 e. The first-order chi connectivity index (χ1) is 15.2. The highest BCUT2D eigenvalue weighted by Gasteiger charge is 2.07. The lowest BCUT2D eigenvalue weighted by Gasteiger charge is -2.13. The predicted molar refractivity (Wildman–Crippen MR) is 130 cm³/mol. The van der Waals surface area contributed by atoms with Gasteiger partial charge in [0.15, 0.2) is 5.11 Å². The topological polar surface area (TPSA) is 58.3 Å². The Labute approximate surface area is 187 Å². The lowest BCUT2D eigenvalue weighted by Crippen LogP contribution is -2.30. The minimum absolute atomic E-state index is 0.556. The third kappa shape index (κ3) is 5.35. The van der Waals surface area contributed by atoms with Crippen LogP contribution in [0.25, 0.3) is 10.9 Å². The van der Waals surface area contributed by atoms with Crippen molar-refractivity contribution in [3.05, 3.63) is 90.1 Å².